The van der Waals surface area contributed by atoms with E-state index in [1.807, 2.05) is 27.7 Å². The highest BCUT2D eigenvalue weighted by Gasteiger charge is 2.13. The predicted molar refractivity (Wildman–Crippen MR) is 65.5 cm³/mol. The van der Waals surface area contributed by atoms with Crippen LogP contribution in [0.5, 0.6) is 0 Å². The Morgan fingerprint density at radius 2 is 1.69 bits per heavy atom. The van der Waals surface area contributed by atoms with Crippen molar-refractivity contribution in [1.29, 1.82) is 0 Å². The number of aliphatic hydroxyl groups excluding tert-OH is 2. The lowest BCUT2D eigenvalue weighted by atomic mass is 10.2. The first-order valence-electron chi connectivity index (χ1n) is 6.06. The standard InChI is InChI=1S/C12H27NO3/c1-5-6-10(14)7-13-8-11(15)9-16-12(2,3)4/h10-11,13-15H,5-9H2,1-4H3. The van der Waals surface area contributed by atoms with Crippen molar-refractivity contribution in [2.24, 2.45) is 0 Å². The van der Waals surface area contributed by atoms with Crippen molar-refractivity contribution in [1.82, 2.24) is 5.32 Å². The summed E-state index contributed by atoms with van der Waals surface area (Å²) in [6, 6.07) is 0. The van der Waals surface area contributed by atoms with E-state index in [4.69, 9.17) is 4.74 Å². The van der Waals surface area contributed by atoms with Gasteiger partial charge in [-0.05, 0) is 27.2 Å². The summed E-state index contributed by atoms with van der Waals surface area (Å²) >= 11 is 0. The molecule has 0 aliphatic heterocycles. The zero-order chi connectivity index (χ0) is 12.6. The van der Waals surface area contributed by atoms with Crippen LogP contribution in [0, 0.1) is 0 Å². The lowest BCUT2D eigenvalue weighted by Crippen LogP contribution is -2.37. The van der Waals surface area contributed by atoms with Crippen molar-refractivity contribution in [2.45, 2.75) is 58.3 Å². The van der Waals surface area contributed by atoms with Crippen LogP contribution in [0.25, 0.3) is 0 Å². The van der Waals surface area contributed by atoms with Gasteiger partial charge in [-0.1, -0.05) is 13.3 Å². The summed E-state index contributed by atoms with van der Waals surface area (Å²) in [5.41, 5.74) is -0.220. The van der Waals surface area contributed by atoms with Gasteiger partial charge >= 0.3 is 0 Å². The van der Waals surface area contributed by atoms with Crippen molar-refractivity contribution in [3.05, 3.63) is 0 Å². The molecule has 0 aliphatic carbocycles. The Bertz CT molecular complexity index is 168. The molecule has 0 radical (unpaired) electrons. The first-order chi connectivity index (χ1) is 7.35. The van der Waals surface area contributed by atoms with Crippen LogP contribution < -0.4 is 5.32 Å². The third-order valence-corrected chi connectivity index (χ3v) is 2.09. The molecule has 0 spiro atoms. The van der Waals surface area contributed by atoms with Gasteiger partial charge in [0.05, 0.1) is 24.4 Å². The molecule has 16 heavy (non-hydrogen) atoms. The van der Waals surface area contributed by atoms with Gasteiger partial charge in [-0.2, -0.15) is 0 Å². The van der Waals surface area contributed by atoms with Crippen LogP contribution in [-0.2, 0) is 4.74 Å². The Balaban J connectivity index is 3.47. The highest BCUT2D eigenvalue weighted by Crippen LogP contribution is 2.06. The highest BCUT2D eigenvalue weighted by atomic mass is 16.5. The molecule has 2 atom stereocenters. The molecular weight excluding hydrogens is 206 g/mol. The Labute approximate surface area is 99.0 Å². The molecule has 2 unspecified atom stereocenters. The minimum atomic E-state index is -0.520. The summed E-state index contributed by atoms with van der Waals surface area (Å²) in [4.78, 5) is 0. The lowest BCUT2D eigenvalue weighted by molar-refractivity contribution is -0.0482. The summed E-state index contributed by atoms with van der Waals surface area (Å²) in [5.74, 6) is 0. The van der Waals surface area contributed by atoms with Crippen molar-refractivity contribution < 1.29 is 14.9 Å². The van der Waals surface area contributed by atoms with Gasteiger partial charge in [0, 0.05) is 13.1 Å². The quantitative estimate of drug-likeness (QED) is 0.583. The van der Waals surface area contributed by atoms with Gasteiger partial charge in [-0.3, -0.25) is 0 Å². The lowest BCUT2D eigenvalue weighted by Gasteiger charge is -2.22. The Morgan fingerprint density at radius 1 is 1.12 bits per heavy atom. The van der Waals surface area contributed by atoms with E-state index in [2.05, 4.69) is 5.32 Å². The van der Waals surface area contributed by atoms with E-state index in [9.17, 15) is 10.2 Å². The van der Waals surface area contributed by atoms with E-state index < -0.39 is 6.10 Å². The van der Waals surface area contributed by atoms with E-state index in [0.29, 0.717) is 19.7 Å². The molecular formula is C12H27NO3. The molecule has 0 heterocycles. The number of hydrogen-bond donors (Lipinski definition) is 3. The molecule has 0 aromatic carbocycles. The van der Waals surface area contributed by atoms with Gasteiger partial charge in [-0.15, -0.1) is 0 Å². The molecule has 98 valence electrons. The van der Waals surface area contributed by atoms with Crippen LogP contribution in [0.2, 0.25) is 0 Å². The normalized spacial score (nSPS) is 16.1. The first-order valence-corrected chi connectivity index (χ1v) is 6.06. The van der Waals surface area contributed by atoms with Gasteiger partial charge < -0.3 is 20.3 Å². The Kier molecular flexibility index (Phi) is 7.93. The molecule has 0 bridgehead atoms. The molecule has 0 saturated carbocycles. The second kappa shape index (κ2) is 8.01. The van der Waals surface area contributed by atoms with Crippen LogP contribution in [0.1, 0.15) is 40.5 Å². The average molecular weight is 233 g/mol. The summed E-state index contributed by atoms with van der Waals surface area (Å²) in [7, 11) is 0. The largest absolute Gasteiger partial charge is 0.392 e. The van der Waals surface area contributed by atoms with Crippen LogP contribution in [-0.4, -0.2) is 47.7 Å². The van der Waals surface area contributed by atoms with Crippen molar-refractivity contribution >= 4 is 0 Å². The van der Waals surface area contributed by atoms with Gasteiger partial charge in [-0.25, -0.2) is 0 Å². The highest BCUT2D eigenvalue weighted by molar-refractivity contribution is 4.65. The van der Waals surface area contributed by atoms with Gasteiger partial charge in [0.2, 0.25) is 0 Å². The monoisotopic (exact) mass is 233 g/mol. The maximum Gasteiger partial charge on any atom is 0.0897 e. The molecule has 4 heteroatoms. The molecule has 0 aliphatic rings. The molecule has 0 rings (SSSR count). The Hall–Kier alpha value is -0.160. The maximum atomic E-state index is 9.59. The van der Waals surface area contributed by atoms with E-state index >= 15 is 0 Å². The van der Waals surface area contributed by atoms with Crippen LogP contribution in [0.15, 0.2) is 0 Å². The maximum absolute atomic E-state index is 9.59. The molecule has 4 nitrogen and oxygen atoms in total. The molecule has 0 amide bonds. The minimum absolute atomic E-state index is 0.220. The van der Waals surface area contributed by atoms with Crippen LogP contribution >= 0.6 is 0 Å². The minimum Gasteiger partial charge on any atom is -0.392 e. The van der Waals surface area contributed by atoms with E-state index in [-0.39, 0.29) is 11.7 Å². The molecule has 3 N–H and O–H groups in total. The molecule has 0 saturated heterocycles. The summed E-state index contributed by atoms with van der Waals surface area (Å²) < 4.78 is 5.44. The third-order valence-electron chi connectivity index (χ3n) is 2.09. The van der Waals surface area contributed by atoms with E-state index in [0.717, 1.165) is 12.8 Å². The van der Waals surface area contributed by atoms with Gasteiger partial charge in [0.25, 0.3) is 0 Å². The second-order valence-corrected chi connectivity index (χ2v) is 5.18. The fourth-order valence-corrected chi connectivity index (χ4v) is 1.26. The van der Waals surface area contributed by atoms with E-state index in [1.54, 1.807) is 0 Å². The van der Waals surface area contributed by atoms with Crippen LogP contribution in [0.4, 0.5) is 0 Å². The number of rotatable bonds is 8. The van der Waals surface area contributed by atoms with Gasteiger partial charge in [0.1, 0.15) is 0 Å². The fraction of sp³-hybridized carbons (Fsp3) is 1.00. The SMILES string of the molecule is CCCC(O)CNCC(O)COC(C)(C)C. The number of hydrogen-bond acceptors (Lipinski definition) is 4. The summed E-state index contributed by atoms with van der Waals surface area (Å²) in [5, 5.41) is 22.1. The number of nitrogens with one attached hydrogen (secondary N) is 1. The smallest absolute Gasteiger partial charge is 0.0897 e. The zero-order valence-electron chi connectivity index (χ0n) is 11.0. The van der Waals surface area contributed by atoms with Crippen LogP contribution in [0.3, 0.4) is 0 Å². The average Bonchev–Trinajstić information content (AvgIpc) is 2.14. The van der Waals surface area contributed by atoms with Crippen molar-refractivity contribution in [3.63, 3.8) is 0 Å². The topological polar surface area (TPSA) is 61.7 Å². The molecule has 0 fully saturated rings. The van der Waals surface area contributed by atoms with Crippen molar-refractivity contribution in [2.75, 3.05) is 19.7 Å². The fourth-order valence-electron chi connectivity index (χ4n) is 1.26. The summed E-state index contributed by atoms with van der Waals surface area (Å²) in [6.45, 7) is 9.21. The van der Waals surface area contributed by atoms with E-state index in [1.165, 1.54) is 0 Å². The molecule has 0 aromatic heterocycles. The zero-order valence-corrected chi connectivity index (χ0v) is 11.0. The Morgan fingerprint density at radius 3 is 2.19 bits per heavy atom. The van der Waals surface area contributed by atoms with Gasteiger partial charge in [0.15, 0.2) is 0 Å². The first kappa shape index (κ1) is 15.8. The molecule has 0 aromatic rings. The predicted octanol–water partition coefficient (Wildman–Crippen LogP) is 0.913. The third kappa shape index (κ3) is 10.4. The summed E-state index contributed by atoms with van der Waals surface area (Å²) in [6.07, 6.45) is 0.925. The second-order valence-electron chi connectivity index (χ2n) is 5.18. The van der Waals surface area contributed by atoms with Crippen molar-refractivity contribution in [3.8, 4) is 0 Å². The number of ether oxygens (including phenoxy) is 1. The number of aliphatic hydroxyl groups is 2.